The maximum atomic E-state index is 6.30. The van der Waals surface area contributed by atoms with Crippen molar-refractivity contribution in [2.24, 2.45) is 11.8 Å². The Kier molecular flexibility index (Phi) is 6.01. The van der Waals surface area contributed by atoms with Gasteiger partial charge in [-0.25, -0.2) is 0 Å². The third-order valence-corrected chi connectivity index (χ3v) is 5.06. The molecule has 4 heteroatoms. The Bertz CT molecular complexity index is 426. The number of benzene rings is 1. The molecule has 20 heavy (non-hydrogen) atoms. The highest BCUT2D eigenvalue weighted by Crippen LogP contribution is 2.35. The standard InChI is InChI=1S/C16H23Cl2NO/c1-3-11(4-2)16(12-8-9-19-10-12)20-14-7-5-6-13(17)15(14)18/h5-7,11-12,16,19H,3-4,8-10H2,1-2H3/t12-,16+/m0/s1. The molecule has 2 rings (SSSR count). The minimum absolute atomic E-state index is 0.205. The number of hydrogen-bond acceptors (Lipinski definition) is 2. The fourth-order valence-corrected chi connectivity index (χ4v) is 3.35. The SMILES string of the molecule is CCC(CC)[C@@H](Oc1cccc(Cl)c1Cl)[C@H]1CCNC1. The van der Waals surface area contributed by atoms with E-state index in [1.54, 1.807) is 6.07 Å². The second-order valence-electron chi connectivity index (χ2n) is 5.46. The van der Waals surface area contributed by atoms with Crippen LogP contribution in [0.2, 0.25) is 10.0 Å². The summed E-state index contributed by atoms with van der Waals surface area (Å²) >= 11 is 12.3. The molecule has 0 spiro atoms. The van der Waals surface area contributed by atoms with E-state index in [2.05, 4.69) is 19.2 Å². The Morgan fingerprint density at radius 3 is 2.65 bits per heavy atom. The summed E-state index contributed by atoms with van der Waals surface area (Å²) in [7, 11) is 0. The molecule has 0 radical (unpaired) electrons. The summed E-state index contributed by atoms with van der Waals surface area (Å²) in [5.74, 6) is 1.81. The van der Waals surface area contributed by atoms with Crippen LogP contribution in [0.3, 0.4) is 0 Å². The first-order chi connectivity index (χ1) is 9.67. The summed E-state index contributed by atoms with van der Waals surface area (Å²) in [5, 5.41) is 4.51. The average Bonchev–Trinajstić information content (AvgIpc) is 2.97. The van der Waals surface area contributed by atoms with E-state index in [1.165, 1.54) is 6.42 Å². The van der Waals surface area contributed by atoms with Crippen molar-refractivity contribution in [3.05, 3.63) is 28.2 Å². The molecule has 1 aromatic rings. The van der Waals surface area contributed by atoms with Crippen molar-refractivity contribution in [3.8, 4) is 5.75 Å². The zero-order valence-corrected chi connectivity index (χ0v) is 13.7. The number of halogens is 2. The van der Waals surface area contributed by atoms with Crippen LogP contribution in [0.5, 0.6) is 5.75 Å². The Balaban J connectivity index is 2.20. The van der Waals surface area contributed by atoms with Crippen LogP contribution in [-0.2, 0) is 0 Å². The van der Waals surface area contributed by atoms with Gasteiger partial charge in [-0.1, -0.05) is 43.1 Å². The van der Waals surface area contributed by atoms with Crippen LogP contribution in [0.15, 0.2) is 18.2 Å². The summed E-state index contributed by atoms with van der Waals surface area (Å²) in [4.78, 5) is 0. The van der Waals surface area contributed by atoms with Crippen LogP contribution in [-0.4, -0.2) is 19.2 Å². The van der Waals surface area contributed by atoms with Gasteiger partial charge in [-0.2, -0.15) is 0 Å². The van der Waals surface area contributed by atoms with Gasteiger partial charge in [0.1, 0.15) is 16.9 Å². The highest BCUT2D eigenvalue weighted by molar-refractivity contribution is 6.42. The van der Waals surface area contributed by atoms with Crippen LogP contribution in [0, 0.1) is 11.8 Å². The summed E-state index contributed by atoms with van der Waals surface area (Å²) in [5.41, 5.74) is 0. The van der Waals surface area contributed by atoms with Crippen molar-refractivity contribution in [1.29, 1.82) is 0 Å². The molecule has 1 heterocycles. The van der Waals surface area contributed by atoms with E-state index in [9.17, 15) is 0 Å². The molecule has 1 aromatic carbocycles. The molecular formula is C16H23Cl2NO. The highest BCUT2D eigenvalue weighted by Gasteiger charge is 2.32. The molecular weight excluding hydrogens is 293 g/mol. The third-order valence-electron chi connectivity index (χ3n) is 4.26. The molecule has 0 unspecified atom stereocenters. The zero-order chi connectivity index (χ0) is 14.5. The van der Waals surface area contributed by atoms with Crippen molar-refractivity contribution >= 4 is 23.2 Å². The molecule has 2 atom stereocenters. The predicted octanol–water partition coefficient (Wildman–Crippen LogP) is 4.79. The molecule has 0 amide bonds. The van der Waals surface area contributed by atoms with Gasteiger partial charge in [-0.3, -0.25) is 0 Å². The first-order valence-electron chi connectivity index (χ1n) is 7.48. The quantitative estimate of drug-likeness (QED) is 0.815. The van der Waals surface area contributed by atoms with Gasteiger partial charge in [0, 0.05) is 12.5 Å². The second kappa shape index (κ2) is 7.53. The molecule has 1 saturated heterocycles. The molecule has 0 aliphatic carbocycles. The van der Waals surface area contributed by atoms with E-state index >= 15 is 0 Å². The largest absolute Gasteiger partial charge is 0.488 e. The number of ether oxygens (including phenoxy) is 1. The van der Waals surface area contributed by atoms with Gasteiger partial charge in [0.15, 0.2) is 0 Å². The van der Waals surface area contributed by atoms with Gasteiger partial charge in [0.05, 0.1) is 5.02 Å². The zero-order valence-electron chi connectivity index (χ0n) is 12.2. The number of hydrogen-bond donors (Lipinski definition) is 1. The Morgan fingerprint density at radius 2 is 2.05 bits per heavy atom. The van der Waals surface area contributed by atoms with Gasteiger partial charge >= 0.3 is 0 Å². The first-order valence-corrected chi connectivity index (χ1v) is 8.24. The molecule has 0 saturated carbocycles. The predicted molar refractivity (Wildman–Crippen MR) is 85.9 cm³/mol. The summed E-state index contributed by atoms with van der Waals surface area (Å²) in [6.07, 6.45) is 3.61. The Morgan fingerprint density at radius 1 is 1.30 bits per heavy atom. The summed E-state index contributed by atoms with van der Waals surface area (Å²) < 4.78 is 6.30. The van der Waals surface area contributed by atoms with Crippen molar-refractivity contribution in [1.82, 2.24) is 5.32 Å². The fraction of sp³-hybridized carbons (Fsp3) is 0.625. The lowest BCUT2D eigenvalue weighted by atomic mass is 9.86. The van der Waals surface area contributed by atoms with Crippen LogP contribution in [0.1, 0.15) is 33.1 Å². The normalized spacial score (nSPS) is 20.4. The molecule has 1 fully saturated rings. The molecule has 1 aliphatic rings. The fourth-order valence-electron chi connectivity index (χ4n) is 3.01. The number of rotatable bonds is 6. The van der Waals surface area contributed by atoms with E-state index in [0.717, 1.165) is 25.9 Å². The lowest BCUT2D eigenvalue weighted by molar-refractivity contribution is 0.0774. The van der Waals surface area contributed by atoms with Gasteiger partial charge in [-0.15, -0.1) is 0 Å². The van der Waals surface area contributed by atoms with Crippen LogP contribution in [0.4, 0.5) is 0 Å². The van der Waals surface area contributed by atoms with Crippen LogP contribution >= 0.6 is 23.2 Å². The van der Waals surface area contributed by atoms with Crippen LogP contribution in [0.25, 0.3) is 0 Å². The van der Waals surface area contributed by atoms with E-state index in [-0.39, 0.29) is 6.10 Å². The Labute approximate surface area is 131 Å². The second-order valence-corrected chi connectivity index (χ2v) is 6.25. The topological polar surface area (TPSA) is 21.3 Å². The van der Waals surface area contributed by atoms with Crippen molar-refractivity contribution in [2.75, 3.05) is 13.1 Å². The molecule has 1 N–H and O–H groups in total. The monoisotopic (exact) mass is 315 g/mol. The first kappa shape index (κ1) is 15.9. The van der Waals surface area contributed by atoms with Crippen molar-refractivity contribution in [2.45, 2.75) is 39.2 Å². The molecule has 1 aliphatic heterocycles. The molecule has 2 nitrogen and oxygen atoms in total. The Hall–Kier alpha value is -0.440. The van der Waals surface area contributed by atoms with Gasteiger partial charge < -0.3 is 10.1 Å². The van der Waals surface area contributed by atoms with Gasteiger partial charge in [-0.05, 0) is 43.9 Å². The average molecular weight is 316 g/mol. The maximum Gasteiger partial charge on any atom is 0.139 e. The molecule has 0 bridgehead atoms. The van der Waals surface area contributed by atoms with E-state index in [1.807, 2.05) is 12.1 Å². The minimum atomic E-state index is 0.205. The number of nitrogens with one attached hydrogen (secondary N) is 1. The highest BCUT2D eigenvalue weighted by atomic mass is 35.5. The smallest absolute Gasteiger partial charge is 0.139 e. The van der Waals surface area contributed by atoms with E-state index < -0.39 is 0 Å². The minimum Gasteiger partial charge on any atom is -0.488 e. The summed E-state index contributed by atoms with van der Waals surface area (Å²) in [6.45, 7) is 6.56. The van der Waals surface area contributed by atoms with Crippen molar-refractivity contribution < 1.29 is 4.74 Å². The van der Waals surface area contributed by atoms with Crippen molar-refractivity contribution in [3.63, 3.8) is 0 Å². The lowest BCUT2D eigenvalue weighted by Gasteiger charge is -2.31. The maximum absolute atomic E-state index is 6.30. The van der Waals surface area contributed by atoms with Gasteiger partial charge in [0.2, 0.25) is 0 Å². The molecule has 112 valence electrons. The van der Waals surface area contributed by atoms with E-state index in [4.69, 9.17) is 27.9 Å². The molecule has 0 aromatic heterocycles. The van der Waals surface area contributed by atoms with Crippen LogP contribution < -0.4 is 10.1 Å². The lowest BCUT2D eigenvalue weighted by Crippen LogP contribution is -2.35. The van der Waals surface area contributed by atoms with Gasteiger partial charge in [0.25, 0.3) is 0 Å². The summed E-state index contributed by atoms with van der Waals surface area (Å²) in [6, 6.07) is 5.59. The van der Waals surface area contributed by atoms with E-state index in [0.29, 0.717) is 27.6 Å². The third kappa shape index (κ3) is 3.60.